The van der Waals surface area contributed by atoms with Gasteiger partial charge < -0.3 is 24.7 Å². The van der Waals surface area contributed by atoms with Gasteiger partial charge >= 0.3 is 6.18 Å². The normalized spacial score (nSPS) is 22.9. The smallest absolute Gasteiger partial charge is 0.401 e. The van der Waals surface area contributed by atoms with Crippen LogP contribution >= 0.6 is 11.8 Å². The van der Waals surface area contributed by atoms with E-state index in [2.05, 4.69) is 29.0 Å². The monoisotopic (exact) mass is 713 g/mol. The van der Waals surface area contributed by atoms with E-state index in [1.165, 1.54) is 23.1 Å². The van der Waals surface area contributed by atoms with Crippen molar-refractivity contribution in [2.24, 2.45) is 17.8 Å². The number of piperidine rings is 2. The van der Waals surface area contributed by atoms with Gasteiger partial charge in [0.2, 0.25) is 0 Å². The maximum absolute atomic E-state index is 13.9. The number of rotatable bonds is 8. The number of aromatic nitrogens is 2. The Hall–Kier alpha value is -3.71. The second-order valence-corrected chi connectivity index (χ2v) is 15.3. The van der Waals surface area contributed by atoms with Crippen LogP contribution in [0, 0.1) is 31.6 Å². The van der Waals surface area contributed by atoms with E-state index >= 15 is 0 Å². The van der Waals surface area contributed by atoms with Crippen LogP contribution in [0.15, 0.2) is 40.2 Å². The van der Waals surface area contributed by atoms with Crippen LogP contribution in [0.1, 0.15) is 67.2 Å². The van der Waals surface area contributed by atoms with Gasteiger partial charge in [-0.25, -0.2) is 4.98 Å². The lowest BCUT2D eigenvalue weighted by atomic mass is 9.89. The number of amides is 1. The third-order valence-electron chi connectivity index (χ3n) is 10.2. The maximum Gasteiger partial charge on any atom is 0.401 e. The highest BCUT2D eigenvalue weighted by Crippen LogP contribution is 2.52. The Bertz CT molecular complexity index is 1780. The van der Waals surface area contributed by atoms with Gasteiger partial charge in [0.1, 0.15) is 5.82 Å². The summed E-state index contributed by atoms with van der Waals surface area (Å²) in [5, 5.41) is 2.94. The van der Waals surface area contributed by atoms with Crippen molar-refractivity contribution in [3.63, 3.8) is 0 Å². The number of H-pyrrole nitrogens is 1. The van der Waals surface area contributed by atoms with Crippen LogP contribution in [0.2, 0.25) is 0 Å². The topological polar surface area (TPSA) is 99.8 Å². The quantitative estimate of drug-likeness (QED) is 0.242. The summed E-state index contributed by atoms with van der Waals surface area (Å²) in [5.74, 6) is 1.22. The molecule has 2 fully saturated rings. The average Bonchev–Trinajstić information content (AvgIpc) is 3.42. The predicted molar refractivity (Wildman–Crippen MR) is 189 cm³/mol. The molecule has 13 heteroatoms. The minimum absolute atomic E-state index is 0.0327. The first-order valence-corrected chi connectivity index (χ1v) is 18.5. The van der Waals surface area contributed by atoms with Crippen LogP contribution in [0.25, 0.3) is 11.1 Å². The van der Waals surface area contributed by atoms with Gasteiger partial charge in [-0.15, -0.1) is 11.8 Å². The van der Waals surface area contributed by atoms with Crippen molar-refractivity contribution in [3.05, 3.63) is 63.2 Å². The average molecular weight is 714 g/mol. The highest BCUT2D eigenvalue weighted by molar-refractivity contribution is 7.98. The number of carbonyl (C=O) groups excluding carboxylic acids is 1. The van der Waals surface area contributed by atoms with Gasteiger partial charge in [-0.3, -0.25) is 14.5 Å². The molecule has 270 valence electrons. The predicted octanol–water partition coefficient (Wildman–Crippen LogP) is 6.95. The Balaban J connectivity index is 1.32. The Morgan fingerprint density at radius 3 is 2.40 bits per heavy atom. The summed E-state index contributed by atoms with van der Waals surface area (Å²) >= 11 is 1.44. The molecule has 3 unspecified atom stereocenters. The van der Waals surface area contributed by atoms with Crippen LogP contribution in [0.5, 0.6) is 11.5 Å². The van der Waals surface area contributed by atoms with Gasteiger partial charge in [-0.05, 0) is 88.6 Å². The number of benzene rings is 1. The molecular weight excluding hydrogens is 667 g/mol. The lowest BCUT2D eigenvalue weighted by Gasteiger charge is -2.39. The fourth-order valence-electron chi connectivity index (χ4n) is 7.75. The van der Waals surface area contributed by atoms with E-state index in [0.717, 1.165) is 35.1 Å². The molecule has 5 heterocycles. The number of nitrogens with zero attached hydrogens (tertiary/aromatic N) is 3. The number of hydrogen-bond acceptors (Lipinski definition) is 8. The molecule has 3 aliphatic rings. The number of anilines is 1. The second kappa shape index (κ2) is 14.1. The number of nitrogens with one attached hydrogen (secondary N) is 2. The summed E-state index contributed by atoms with van der Waals surface area (Å²) in [5.41, 5.74) is 3.27. The molecule has 0 spiro atoms. The number of likely N-dealkylation sites (tertiary alicyclic amines) is 1. The first kappa shape index (κ1) is 36.1. The molecule has 0 radical (unpaired) electrons. The summed E-state index contributed by atoms with van der Waals surface area (Å²) in [6.07, 6.45) is 1.54. The summed E-state index contributed by atoms with van der Waals surface area (Å²) in [7, 11) is 0. The number of ether oxygens (including phenoxy) is 2. The zero-order chi connectivity index (χ0) is 36.0. The Labute approximate surface area is 295 Å². The third kappa shape index (κ3) is 7.63. The van der Waals surface area contributed by atoms with E-state index in [1.807, 2.05) is 38.3 Å². The van der Waals surface area contributed by atoms with E-state index in [-0.39, 0.29) is 37.0 Å². The van der Waals surface area contributed by atoms with Crippen LogP contribution in [0.4, 0.5) is 19.0 Å². The van der Waals surface area contributed by atoms with Crippen LogP contribution in [-0.4, -0.2) is 71.7 Å². The summed E-state index contributed by atoms with van der Waals surface area (Å²) < 4.78 is 52.5. The highest BCUT2D eigenvalue weighted by Gasteiger charge is 2.48. The number of hydrogen-bond donors (Lipinski definition) is 2. The lowest BCUT2D eigenvalue weighted by molar-refractivity contribution is -0.159. The second-order valence-electron chi connectivity index (χ2n) is 14.4. The minimum Gasteiger partial charge on any atom is -0.448 e. The molecule has 2 aromatic heterocycles. The molecule has 50 heavy (non-hydrogen) atoms. The van der Waals surface area contributed by atoms with Crippen molar-refractivity contribution in [1.29, 1.82) is 0 Å². The van der Waals surface area contributed by atoms with Gasteiger partial charge in [-0.1, -0.05) is 13.8 Å². The summed E-state index contributed by atoms with van der Waals surface area (Å²) in [6, 6.07) is 7.63. The van der Waals surface area contributed by atoms with Crippen molar-refractivity contribution in [2.45, 2.75) is 77.3 Å². The zero-order valence-corrected chi connectivity index (χ0v) is 30.3. The van der Waals surface area contributed by atoms with Crippen LogP contribution < -0.4 is 25.2 Å². The zero-order valence-electron chi connectivity index (χ0n) is 29.5. The number of aryl methyl sites for hydroxylation is 1. The minimum atomic E-state index is -4.26. The number of aromatic amines is 1. The molecule has 3 aromatic rings. The van der Waals surface area contributed by atoms with Gasteiger partial charge in [-0.2, -0.15) is 13.2 Å². The molecule has 3 atom stereocenters. The number of halogens is 3. The third-order valence-corrected chi connectivity index (χ3v) is 11.0. The Morgan fingerprint density at radius 1 is 1.10 bits per heavy atom. The number of pyridine rings is 2. The molecule has 1 amide bonds. The fraction of sp³-hybridized carbons (Fsp3) is 0.541. The largest absolute Gasteiger partial charge is 0.448 e. The van der Waals surface area contributed by atoms with E-state index in [4.69, 9.17) is 14.5 Å². The van der Waals surface area contributed by atoms with E-state index in [0.29, 0.717) is 58.4 Å². The number of carbonyl (C=O) groups is 1. The molecule has 6 rings (SSSR count). The number of fused-ring (bicyclic) bond motifs is 1. The maximum atomic E-state index is 13.9. The van der Waals surface area contributed by atoms with E-state index in [1.54, 1.807) is 19.2 Å². The molecule has 3 aliphatic heterocycles. The van der Waals surface area contributed by atoms with Crippen molar-refractivity contribution in [1.82, 2.24) is 20.2 Å². The first-order valence-electron chi connectivity index (χ1n) is 17.2. The molecule has 2 saturated heterocycles. The van der Waals surface area contributed by atoms with E-state index in [9.17, 15) is 22.8 Å². The summed E-state index contributed by atoms with van der Waals surface area (Å²) in [6.45, 7) is 11.5. The Kier molecular flexibility index (Phi) is 10.2. The standard InChI is InChI=1S/C37H46F3N5O4S/c1-21-13-22(2)19-45(18-21)31-8-7-25(16-41-31)28-15-27(34(46)42-17-29-30(50-6)14-23(3)43-35(29)47)24(4)32-33(28)49-36(5,48-32)26-9-11-44(12-10-26)20-37(38,39)40/h7-8,14-16,21-22,26H,9-13,17-20H2,1-6H3,(H,42,46)(H,43,47). The lowest BCUT2D eigenvalue weighted by Crippen LogP contribution is -2.49. The molecule has 0 bridgehead atoms. The van der Waals surface area contributed by atoms with Crippen molar-refractivity contribution < 1.29 is 27.4 Å². The number of thioether (sulfide) groups is 1. The Morgan fingerprint density at radius 2 is 1.78 bits per heavy atom. The fourth-order valence-corrected chi connectivity index (χ4v) is 8.46. The first-order chi connectivity index (χ1) is 23.6. The van der Waals surface area contributed by atoms with Crippen LogP contribution in [0.3, 0.4) is 0 Å². The van der Waals surface area contributed by atoms with Gasteiger partial charge in [0.05, 0.1) is 6.54 Å². The highest BCUT2D eigenvalue weighted by atomic mass is 32.2. The summed E-state index contributed by atoms with van der Waals surface area (Å²) in [4.78, 5) is 38.8. The van der Waals surface area contributed by atoms with E-state index < -0.39 is 18.5 Å². The molecular formula is C37H46F3N5O4S. The molecule has 2 N–H and O–H groups in total. The van der Waals surface area contributed by atoms with Gasteiger partial charge in [0.25, 0.3) is 17.3 Å². The SMILES string of the molecule is CSc1cc(C)[nH]c(=O)c1CNC(=O)c1cc(-c2ccc(N3CC(C)CC(C)C3)nc2)c2c(c1C)OC(C)(C1CCN(CC(F)(F)F)CC1)O2. The van der Waals surface area contributed by atoms with Crippen LogP contribution in [-0.2, 0) is 6.54 Å². The van der Waals surface area contributed by atoms with Crippen molar-refractivity contribution in [3.8, 4) is 22.6 Å². The molecule has 0 aliphatic carbocycles. The number of alkyl halides is 3. The molecule has 0 saturated carbocycles. The van der Waals surface area contributed by atoms with Crippen molar-refractivity contribution in [2.75, 3.05) is 43.9 Å². The molecule has 1 aromatic carbocycles. The van der Waals surface area contributed by atoms with Crippen molar-refractivity contribution >= 4 is 23.5 Å². The van der Waals surface area contributed by atoms with Gasteiger partial charge in [0, 0.05) is 77.1 Å². The molecule has 9 nitrogen and oxygen atoms in total. The van der Waals surface area contributed by atoms with Gasteiger partial charge in [0.15, 0.2) is 11.5 Å².